The summed E-state index contributed by atoms with van der Waals surface area (Å²) in [6.45, 7) is 2.86. The maximum absolute atomic E-state index is 13.4. The molecule has 1 aliphatic carbocycles. The first kappa shape index (κ1) is 34.8. The van der Waals surface area contributed by atoms with Crippen LogP contribution in [0.1, 0.15) is 73.6 Å². The van der Waals surface area contributed by atoms with Crippen molar-refractivity contribution in [2.75, 3.05) is 11.5 Å². The SMILES string of the molecule is CC1(c2ccc(O)cc2)CCc2cc(O)ccc2C1CCCCn1cc(CCS(=O)CCCC(F)(F)C(F)(F)C(F)(F)F)cn1. The lowest BCUT2D eigenvalue weighted by Gasteiger charge is -2.43. The molecular weight excluding hydrogens is 625 g/mol. The number of phenolic OH excluding ortho intramolecular Hbond substituents is 2. The van der Waals surface area contributed by atoms with Gasteiger partial charge in [0.05, 0.1) is 6.20 Å². The van der Waals surface area contributed by atoms with Gasteiger partial charge < -0.3 is 10.2 Å². The number of aromatic nitrogens is 2. The fourth-order valence-corrected chi connectivity index (χ4v) is 7.29. The van der Waals surface area contributed by atoms with Gasteiger partial charge in [0, 0.05) is 41.5 Å². The number of rotatable bonds is 14. The van der Waals surface area contributed by atoms with Gasteiger partial charge in [0.1, 0.15) is 11.5 Å². The summed E-state index contributed by atoms with van der Waals surface area (Å²) in [5, 5.41) is 24.2. The lowest BCUT2D eigenvalue weighted by Crippen LogP contribution is -2.51. The first-order chi connectivity index (χ1) is 21.0. The molecule has 0 fully saturated rings. The monoisotopic (exact) mass is 662 g/mol. The van der Waals surface area contributed by atoms with Crippen molar-refractivity contribution in [1.82, 2.24) is 9.78 Å². The fraction of sp³-hybridized carbons (Fsp3) is 0.531. The third kappa shape index (κ3) is 8.01. The van der Waals surface area contributed by atoms with E-state index in [0.29, 0.717) is 13.0 Å². The Morgan fingerprint density at radius 2 is 1.64 bits per heavy atom. The molecule has 1 heterocycles. The highest BCUT2D eigenvalue weighted by molar-refractivity contribution is 7.84. The van der Waals surface area contributed by atoms with Crippen molar-refractivity contribution in [3.05, 3.63) is 77.1 Å². The Morgan fingerprint density at radius 1 is 0.956 bits per heavy atom. The number of benzene rings is 2. The van der Waals surface area contributed by atoms with E-state index < -0.39 is 47.4 Å². The van der Waals surface area contributed by atoms with Crippen LogP contribution in [-0.4, -0.2) is 53.7 Å². The highest BCUT2D eigenvalue weighted by atomic mass is 32.2. The fourth-order valence-electron chi connectivity index (χ4n) is 6.16. The van der Waals surface area contributed by atoms with Gasteiger partial charge in [-0.25, -0.2) is 0 Å². The molecular formula is C32H37F7N2O3S. The Balaban J connectivity index is 1.26. The second-order valence-corrected chi connectivity index (χ2v) is 13.7. The van der Waals surface area contributed by atoms with Crippen LogP contribution in [0.3, 0.4) is 0 Å². The summed E-state index contributed by atoms with van der Waals surface area (Å²) >= 11 is 0. The third-order valence-corrected chi connectivity index (χ3v) is 10.2. The standard InChI is InChI=1S/C32H37F7N2O3S/c1-29(24-6-8-25(42)9-7-24)15-12-23-19-26(43)10-11-27(23)28(29)5-2-3-16-41-21-22(20-40-41)13-18-45(44)17-4-14-30(33,34)31(35,36)32(37,38)39/h6-11,19-21,28,42-43H,2-5,12-18H2,1H3. The molecule has 45 heavy (non-hydrogen) atoms. The minimum Gasteiger partial charge on any atom is -0.508 e. The van der Waals surface area contributed by atoms with Gasteiger partial charge >= 0.3 is 18.0 Å². The van der Waals surface area contributed by atoms with Crippen LogP contribution in [0.2, 0.25) is 0 Å². The van der Waals surface area contributed by atoms with Gasteiger partial charge in [-0.15, -0.1) is 0 Å². The molecule has 0 aliphatic heterocycles. The number of halogens is 7. The lowest BCUT2D eigenvalue weighted by molar-refractivity contribution is -0.355. The normalized spacial score (nSPS) is 19.8. The van der Waals surface area contributed by atoms with E-state index >= 15 is 0 Å². The number of alkyl halides is 7. The highest BCUT2D eigenvalue weighted by Gasteiger charge is 2.72. The summed E-state index contributed by atoms with van der Waals surface area (Å²) in [6, 6.07) is 12.9. The van der Waals surface area contributed by atoms with Crippen molar-refractivity contribution < 1.29 is 45.2 Å². The number of aromatic hydroxyl groups is 2. The van der Waals surface area contributed by atoms with E-state index in [9.17, 15) is 45.2 Å². The minimum absolute atomic E-state index is 0.0411. The molecule has 2 aromatic carbocycles. The van der Waals surface area contributed by atoms with E-state index in [-0.39, 0.29) is 28.6 Å². The average molecular weight is 663 g/mol. The number of nitrogens with zero attached hydrogens (tertiary/aromatic N) is 2. The number of hydrogen-bond acceptors (Lipinski definition) is 4. The van der Waals surface area contributed by atoms with Gasteiger partial charge in [-0.1, -0.05) is 31.5 Å². The summed E-state index contributed by atoms with van der Waals surface area (Å²) in [5.74, 6) is -11.1. The zero-order chi connectivity index (χ0) is 33.0. The molecule has 0 saturated heterocycles. The molecule has 2 N–H and O–H groups in total. The van der Waals surface area contributed by atoms with E-state index in [1.165, 1.54) is 5.56 Å². The van der Waals surface area contributed by atoms with E-state index in [4.69, 9.17) is 0 Å². The van der Waals surface area contributed by atoms with Gasteiger partial charge in [0.2, 0.25) is 0 Å². The number of unbranched alkanes of at least 4 members (excludes halogenated alkanes) is 1. The Morgan fingerprint density at radius 3 is 2.33 bits per heavy atom. The first-order valence-electron chi connectivity index (χ1n) is 14.8. The molecule has 3 unspecified atom stereocenters. The van der Waals surface area contributed by atoms with Gasteiger partial charge in [-0.2, -0.15) is 35.8 Å². The smallest absolute Gasteiger partial charge is 0.459 e. The first-order valence-corrected chi connectivity index (χ1v) is 16.3. The van der Waals surface area contributed by atoms with Crippen LogP contribution in [0.15, 0.2) is 54.9 Å². The van der Waals surface area contributed by atoms with E-state index in [2.05, 4.69) is 12.0 Å². The zero-order valence-electron chi connectivity index (χ0n) is 24.8. The summed E-state index contributed by atoms with van der Waals surface area (Å²) in [4.78, 5) is 0. The van der Waals surface area contributed by atoms with Crippen molar-refractivity contribution in [1.29, 1.82) is 0 Å². The maximum Gasteiger partial charge on any atom is 0.459 e. The molecule has 0 radical (unpaired) electrons. The quantitative estimate of drug-likeness (QED) is 0.135. The molecule has 0 spiro atoms. The van der Waals surface area contributed by atoms with Gasteiger partial charge in [0.25, 0.3) is 0 Å². The number of fused-ring (bicyclic) bond motifs is 1. The van der Waals surface area contributed by atoms with Crippen LogP contribution in [0.5, 0.6) is 11.5 Å². The molecule has 5 nitrogen and oxygen atoms in total. The van der Waals surface area contributed by atoms with Crippen LogP contribution in [-0.2, 0) is 35.6 Å². The van der Waals surface area contributed by atoms with Crippen LogP contribution in [0.25, 0.3) is 0 Å². The summed E-state index contributed by atoms with van der Waals surface area (Å²) in [7, 11) is -1.67. The second-order valence-electron chi connectivity index (χ2n) is 12.0. The predicted molar refractivity (Wildman–Crippen MR) is 157 cm³/mol. The average Bonchev–Trinajstić information content (AvgIpc) is 3.42. The van der Waals surface area contributed by atoms with E-state index in [0.717, 1.165) is 48.8 Å². The van der Waals surface area contributed by atoms with Crippen LogP contribution in [0, 0.1) is 0 Å². The minimum atomic E-state index is -6.36. The van der Waals surface area contributed by atoms with Crippen molar-refractivity contribution in [3.63, 3.8) is 0 Å². The van der Waals surface area contributed by atoms with Crippen LogP contribution >= 0.6 is 0 Å². The number of hydrogen-bond donors (Lipinski definition) is 2. The van der Waals surface area contributed by atoms with Crippen molar-refractivity contribution in [2.24, 2.45) is 0 Å². The maximum atomic E-state index is 13.4. The van der Waals surface area contributed by atoms with Gasteiger partial charge in [-0.3, -0.25) is 8.89 Å². The van der Waals surface area contributed by atoms with Crippen LogP contribution < -0.4 is 0 Å². The third-order valence-electron chi connectivity index (χ3n) is 8.82. The lowest BCUT2D eigenvalue weighted by atomic mass is 9.60. The number of aryl methyl sites for hydroxylation is 3. The molecule has 4 rings (SSSR count). The number of phenols is 2. The molecule has 1 aliphatic rings. The summed E-state index contributed by atoms with van der Waals surface area (Å²) < 4.78 is 104. The van der Waals surface area contributed by atoms with Crippen molar-refractivity contribution in [3.8, 4) is 11.5 Å². The van der Waals surface area contributed by atoms with Crippen molar-refractivity contribution in [2.45, 2.75) is 94.2 Å². The van der Waals surface area contributed by atoms with Gasteiger partial charge in [0.15, 0.2) is 0 Å². The Labute approximate surface area is 259 Å². The van der Waals surface area contributed by atoms with Gasteiger partial charge in [-0.05, 0) is 96.4 Å². The second kappa shape index (κ2) is 13.7. The Hall–Kier alpha value is -3.09. The molecule has 0 saturated carbocycles. The largest absolute Gasteiger partial charge is 0.508 e. The molecule has 13 heteroatoms. The molecule has 3 aromatic rings. The Bertz CT molecular complexity index is 1460. The summed E-state index contributed by atoms with van der Waals surface area (Å²) in [6.07, 6.45) is -0.824. The molecule has 3 atom stereocenters. The topological polar surface area (TPSA) is 75.3 Å². The molecule has 0 amide bonds. The van der Waals surface area contributed by atoms with E-state index in [1.54, 1.807) is 35.3 Å². The predicted octanol–water partition coefficient (Wildman–Crippen LogP) is 8.06. The zero-order valence-corrected chi connectivity index (χ0v) is 25.6. The highest BCUT2D eigenvalue weighted by Crippen LogP contribution is 2.51. The Kier molecular flexibility index (Phi) is 10.6. The van der Waals surface area contributed by atoms with Crippen molar-refractivity contribution >= 4 is 10.8 Å². The molecule has 1 aromatic heterocycles. The van der Waals surface area contributed by atoms with E-state index in [1.807, 2.05) is 24.3 Å². The molecule has 248 valence electrons. The molecule has 0 bridgehead atoms. The van der Waals surface area contributed by atoms with Crippen LogP contribution in [0.4, 0.5) is 30.7 Å². The summed E-state index contributed by atoms with van der Waals surface area (Å²) in [5.41, 5.74) is 4.07.